The zero-order valence-corrected chi connectivity index (χ0v) is 16.1. The molecule has 0 N–H and O–H groups in total. The molecule has 26 heavy (non-hydrogen) atoms. The van der Waals surface area contributed by atoms with Crippen molar-refractivity contribution in [2.45, 2.75) is 69.2 Å². The first-order valence-electron chi connectivity index (χ1n) is 9.68. The summed E-state index contributed by atoms with van der Waals surface area (Å²) in [5.74, 6) is 0.834. The lowest BCUT2D eigenvalue weighted by Crippen LogP contribution is -2.31. The molecule has 1 aliphatic heterocycles. The van der Waals surface area contributed by atoms with Crippen LogP contribution in [0.3, 0.4) is 0 Å². The largest absolute Gasteiger partial charge is 0.361 e. The van der Waals surface area contributed by atoms with Crippen LogP contribution in [-0.2, 0) is 29.3 Å². The van der Waals surface area contributed by atoms with E-state index in [4.69, 9.17) is 4.52 Å². The van der Waals surface area contributed by atoms with Crippen LogP contribution < -0.4 is 0 Å². The maximum Gasteiger partial charge on any atom is 0.243 e. The maximum absolute atomic E-state index is 13.3. The standard InChI is InChI=1S/C20H26N2O3S/c1-2-6-17-14-19(21-25-17)20-9-5-12-22(20)26(23,24)18-11-10-15-7-3-4-8-16(15)13-18/h10-11,13-14,20H,2-9,12H2,1H3/t20-/m1/s1. The summed E-state index contributed by atoms with van der Waals surface area (Å²) in [6.07, 6.45) is 7.83. The highest BCUT2D eigenvalue weighted by atomic mass is 32.2. The van der Waals surface area contributed by atoms with Crippen molar-refractivity contribution < 1.29 is 12.9 Å². The summed E-state index contributed by atoms with van der Waals surface area (Å²) in [4.78, 5) is 0.419. The molecule has 2 aromatic rings. The van der Waals surface area contributed by atoms with Crippen LogP contribution in [0, 0.1) is 0 Å². The molecule has 0 spiro atoms. The average molecular weight is 375 g/mol. The topological polar surface area (TPSA) is 63.4 Å². The van der Waals surface area contributed by atoms with E-state index >= 15 is 0 Å². The number of aryl methyl sites for hydroxylation is 3. The Labute approximate surface area is 155 Å². The first kappa shape index (κ1) is 17.7. The van der Waals surface area contributed by atoms with Gasteiger partial charge in [0, 0.05) is 19.0 Å². The highest BCUT2D eigenvalue weighted by Crippen LogP contribution is 2.37. The Hall–Kier alpha value is -1.66. The summed E-state index contributed by atoms with van der Waals surface area (Å²) >= 11 is 0. The number of sulfonamides is 1. The fourth-order valence-electron chi connectivity index (χ4n) is 4.18. The monoisotopic (exact) mass is 374 g/mol. The zero-order valence-electron chi connectivity index (χ0n) is 15.3. The molecule has 1 atom stereocenters. The minimum atomic E-state index is -3.52. The van der Waals surface area contributed by atoms with Crippen molar-refractivity contribution in [3.05, 3.63) is 46.8 Å². The Morgan fingerprint density at radius 3 is 2.77 bits per heavy atom. The van der Waals surface area contributed by atoms with Gasteiger partial charge in [-0.2, -0.15) is 4.31 Å². The van der Waals surface area contributed by atoms with Gasteiger partial charge in [0.15, 0.2) is 0 Å². The first-order chi connectivity index (χ1) is 12.6. The van der Waals surface area contributed by atoms with Crippen molar-refractivity contribution in [2.75, 3.05) is 6.54 Å². The van der Waals surface area contributed by atoms with E-state index in [-0.39, 0.29) is 6.04 Å². The number of aromatic nitrogens is 1. The number of hydrogen-bond donors (Lipinski definition) is 0. The Kier molecular flexibility index (Phi) is 4.88. The van der Waals surface area contributed by atoms with Crippen LogP contribution in [0.15, 0.2) is 33.7 Å². The van der Waals surface area contributed by atoms with Gasteiger partial charge in [-0.1, -0.05) is 18.1 Å². The molecule has 1 aliphatic carbocycles. The van der Waals surface area contributed by atoms with Gasteiger partial charge in [-0.05, 0) is 68.2 Å². The van der Waals surface area contributed by atoms with Crippen LogP contribution in [0.1, 0.15) is 67.7 Å². The molecule has 0 saturated carbocycles. The predicted octanol–water partition coefficient (Wildman–Crippen LogP) is 4.03. The van der Waals surface area contributed by atoms with Gasteiger partial charge in [-0.3, -0.25) is 0 Å². The molecule has 0 amide bonds. The summed E-state index contributed by atoms with van der Waals surface area (Å²) in [6.45, 7) is 2.63. The molecular formula is C20H26N2O3S. The fourth-order valence-corrected chi connectivity index (χ4v) is 5.90. The molecule has 4 rings (SSSR count). The maximum atomic E-state index is 13.3. The number of rotatable bonds is 5. The van der Waals surface area contributed by atoms with Gasteiger partial charge in [-0.15, -0.1) is 0 Å². The number of nitrogens with zero attached hydrogens (tertiary/aromatic N) is 2. The summed E-state index contributed by atoms with van der Waals surface area (Å²) in [7, 11) is -3.52. The van der Waals surface area contributed by atoms with Crippen molar-refractivity contribution in [2.24, 2.45) is 0 Å². The lowest BCUT2D eigenvalue weighted by molar-refractivity contribution is 0.343. The SMILES string of the molecule is CCCc1cc([C@H]2CCCN2S(=O)(=O)c2ccc3c(c2)CCCC3)no1. The minimum absolute atomic E-state index is 0.217. The van der Waals surface area contributed by atoms with E-state index in [1.165, 1.54) is 17.5 Å². The van der Waals surface area contributed by atoms with E-state index in [1.54, 1.807) is 10.4 Å². The van der Waals surface area contributed by atoms with E-state index in [1.807, 2.05) is 18.2 Å². The molecule has 0 unspecified atom stereocenters. The fraction of sp³-hybridized carbons (Fsp3) is 0.550. The van der Waals surface area contributed by atoms with E-state index in [2.05, 4.69) is 12.1 Å². The summed E-state index contributed by atoms with van der Waals surface area (Å²) in [5, 5.41) is 4.16. The van der Waals surface area contributed by atoms with Gasteiger partial charge in [0.1, 0.15) is 11.5 Å². The van der Waals surface area contributed by atoms with Crippen LogP contribution in [0.4, 0.5) is 0 Å². The van der Waals surface area contributed by atoms with Crippen molar-refractivity contribution >= 4 is 10.0 Å². The third kappa shape index (κ3) is 3.21. The third-order valence-corrected chi connectivity index (χ3v) is 7.45. The lowest BCUT2D eigenvalue weighted by Gasteiger charge is -2.24. The van der Waals surface area contributed by atoms with Gasteiger partial charge >= 0.3 is 0 Å². The van der Waals surface area contributed by atoms with Gasteiger partial charge in [0.05, 0.1) is 10.9 Å². The van der Waals surface area contributed by atoms with Gasteiger partial charge in [0.25, 0.3) is 0 Å². The Morgan fingerprint density at radius 2 is 1.96 bits per heavy atom. The Morgan fingerprint density at radius 1 is 1.15 bits per heavy atom. The average Bonchev–Trinajstić information content (AvgIpc) is 3.31. The van der Waals surface area contributed by atoms with Gasteiger partial charge in [-0.25, -0.2) is 8.42 Å². The molecule has 140 valence electrons. The Bertz CT molecular complexity index is 888. The van der Waals surface area contributed by atoms with Crippen molar-refractivity contribution in [1.29, 1.82) is 0 Å². The molecule has 1 aromatic heterocycles. The smallest absolute Gasteiger partial charge is 0.243 e. The minimum Gasteiger partial charge on any atom is -0.361 e. The highest BCUT2D eigenvalue weighted by Gasteiger charge is 2.38. The summed E-state index contributed by atoms with van der Waals surface area (Å²) < 4.78 is 33.6. The summed E-state index contributed by atoms with van der Waals surface area (Å²) in [5.41, 5.74) is 3.24. The number of benzene rings is 1. The molecule has 2 heterocycles. The summed E-state index contributed by atoms with van der Waals surface area (Å²) in [6, 6.07) is 7.38. The van der Waals surface area contributed by atoms with Crippen molar-refractivity contribution in [1.82, 2.24) is 9.46 Å². The van der Waals surface area contributed by atoms with Crippen LogP contribution in [-0.4, -0.2) is 24.4 Å². The number of hydrogen-bond acceptors (Lipinski definition) is 4. The first-order valence-corrected chi connectivity index (χ1v) is 11.1. The third-order valence-electron chi connectivity index (χ3n) is 5.55. The van der Waals surface area contributed by atoms with Gasteiger partial charge in [0.2, 0.25) is 10.0 Å². The zero-order chi connectivity index (χ0) is 18.1. The van der Waals surface area contributed by atoms with E-state index < -0.39 is 10.0 Å². The molecule has 1 fully saturated rings. The lowest BCUT2D eigenvalue weighted by atomic mass is 9.92. The van der Waals surface area contributed by atoms with Crippen molar-refractivity contribution in [3.8, 4) is 0 Å². The Balaban J connectivity index is 1.63. The molecule has 0 bridgehead atoms. The second-order valence-electron chi connectivity index (χ2n) is 7.38. The molecule has 0 radical (unpaired) electrons. The van der Waals surface area contributed by atoms with Crippen molar-refractivity contribution in [3.63, 3.8) is 0 Å². The highest BCUT2D eigenvalue weighted by molar-refractivity contribution is 7.89. The van der Waals surface area contributed by atoms with E-state index in [0.29, 0.717) is 11.4 Å². The molecule has 6 heteroatoms. The van der Waals surface area contributed by atoms with Gasteiger partial charge < -0.3 is 4.52 Å². The van der Waals surface area contributed by atoms with E-state index in [9.17, 15) is 8.42 Å². The van der Waals surface area contributed by atoms with Crippen LogP contribution in [0.2, 0.25) is 0 Å². The predicted molar refractivity (Wildman–Crippen MR) is 99.4 cm³/mol. The van der Waals surface area contributed by atoms with Crippen LogP contribution in [0.25, 0.3) is 0 Å². The quantitative estimate of drug-likeness (QED) is 0.792. The molecular weight excluding hydrogens is 348 g/mol. The number of fused-ring (bicyclic) bond motifs is 1. The molecule has 1 aromatic carbocycles. The van der Waals surface area contributed by atoms with Crippen LogP contribution in [0.5, 0.6) is 0 Å². The normalized spacial score (nSPS) is 21.0. The van der Waals surface area contributed by atoms with Crippen LogP contribution >= 0.6 is 0 Å². The second-order valence-corrected chi connectivity index (χ2v) is 9.27. The van der Waals surface area contributed by atoms with E-state index in [0.717, 1.165) is 56.4 Å². The molecule has 1 saturated heterocycles. The molecule has 2 aliphatic rings. The second kappa shape index (κ2) is 7.16. The molecule has 5 nitrogen and oxygen atoms in total.